The first kappa shape index (κ1) is 14.1. The van der Waals surface area contributed by atoms with Crippen LogP contribution < -0.4 is 0 Å². The number of hydrogen-bond acceptors (Lipinski definition) is 3. The van der Waals surface area contributed by atoms with Gasteiger partial charge in [-0.2, -0.15) is 5.26 Å². The highest BCUT2D eigenvalue weighted by molar-refractivity contribution is 5.83. The van der Waals surface area contributed by atoms with Crippen LogP contribution in [0.4, 0.5) is 0 Å². The maximum atomic E-state index is 12.5. The first-order chi connectivity index (χ1) is 10.2. The molecule has 2 aliphatic rings. The van der Waals surface area contributed by atoms with Crippen LogP contribution in [0.1, 0.15) is 24.8 Å². The molecule has 1 aromatic rings. The molecule has 1 saturated heterocycles. The average Bonchev–Trinajstić information content (AvgIpc) is 3.35. The smallest absolute Gasteiger partial charge is 0.226 e. The van der Waals surface area contributed by atoms with Crippen LogP contribution in [-0.2, 0) is 4.79 Å². The minimum Gasteiger partial charge on any atom is -0.340 e. The van der Waals surface area contributed by atoms with Gasteiger partial charge in [-0.25, -0.2) is 0 Å². The molecule has 3 atom stereocenters. The van der Waals surface area contributed by atoms with Crippen molar-refractivity contribution in [2.75, 3.05) is 26.2 Å². The van der Waals surface area contributed by atoms with E-state index in [1.165, 1.54) is 5.56 Å². The number of benzene rings is 1. The van der Waals surface area contributed by atoms with Crippen molar-refractivity contribution < 1.29 is 4.79 Å². The largest absolute Gasteiger partial charge is 0.340 e. The Morgan fingerprint density at radius 2 is 1.90 bits per heavy atom. The van der Waals surface area contributed by atoms with Crippen molar-refractivity contribution in [3.63, 3.8) is 0 Å². The lowest BCUT2D eigenvalue weighted by Gasteiger charge is -2.36. The second kappa shape index (κ2) is 5.87. The summed E-state index contributed by atoms with van der Waals surface area (Å²) in [7, 11) is 0. The number of rotatable bonds is 3. The molecule has 110 valence electrons. The quantitative estimate of drug-likeness (QED) is 0.850. The van der Waals surface area contributed by atoms with Crippen molar-refractivity contribution in [1.82, 2.24) is 9.80 Å². The third-order valence-electron chi connectivity index (χ3n) is 4.70. The maximum Gasteiger partial charge on any atom is 0.226 e. The Bertz CT molecular complexity index is 543. The van der Waals surface area contributed by atoms with E-state index in [2.05, 4.69) is 23.1 Å². The van der Waals surface area contributed by atoms with Gasteiger partial charge in [0.15, 0.2) is 0 Å². The van der Waals surface area contributed by atoms with E-state index in [1.807, 2.05) is 30.0 Å². The second-order valence-electron chi connectivity index (χ2n) is 6.03. The van der Waals surface area contributed by atoms with Gasteiger partial charge in [-0.3, -0.25) is 9.69 Å². The predicted octanol–water partition coefficient (Wildman–Crippen LogP) is 1.85. The molecule has 1 heterocycles. The standard InChI is InChI=1S/C17H21N3O/c1-13(12-18)19-7-9-20(10-8-19)17(21)16-11-15(16)14-5-3-2-4-6-14/h2-6,13,15-16H,7-11H2,1H3. The van der Waals surface area contributed by atoms with Crippen LogP contribution in [0.5, 0.6) is 0 Å². The number of piperazine rings is 1. The molecule has 1 saturated carbocycles. The average molecular weight is 283 g/mol. The Balaban J connectivity index is 1.53. The zero-order chi connectivity index (χ0) is 14.8. The Hall–Kier alpha value is -1.86. The topological polar surface area (TPSA) is 47.3 Å². The van der Waals surface area contributed by atoms with Crippen LogP contribution in [-0.4, -0.2) is 47.9 Å². The molecule has 1 amide bonds. The van der Waals surface area contributed by atoms with Crippen molar-refractivity contribution in [3.8, 4) is 6.07 Å². The molecule has 0 aromatic heterocycles. The van der Waals surface area contributed by atoms with Crippen LogP contribution in [0.3, 0.4) is 0 Å². The van der Waals surface area contributed by atoms with E-state index in [1.54, 1.807) is 0 Å². The van der Waals surface area contributed by atoms with Crippen LogP contribution in [0.15, 0.2) is 30.3 Å². The van der Waals surface area contributed by atoms with Gasteiger partial charge in [0.1, 0.15) is 0 Å². The van der Waals surface area contributed by atoms with Gasteiger partial charge in [0, 0.05) is 32.1 Å². The highest BCUT2D eigenvalue weighted by Crippen LogP contribution is 2.48. The van der Waals surface area contributed by atoms with Gasteiger partial charge in [0.25, 0.3) is 0 Å². The summed E-state index contributed by atoms with van der Waals surface area (Å²) >= 11 is 0. The number of hydrogen-bond donors (Lipinski definition) is 0. The van der Waals surface area contributed by atoms with E-state index in [4.69, 9.17) is 5.26 Å². The molecular formula is C17H21N3O. The number of nitrogens with zero attached hydrogens (tertiary/aromatic N) is 3. The second-order valence-corrected chi connectivity index (χ2v) is 6.03. The third-order valence-corrected chi connectivity index (χ3v) is 4.70. The Morgan fingerprint density at radius 1 is 1.24 bits per heavy atom. The lowest BCUT2D eigenvalue weighted by Crippen LogP contribution is -2.51. The minimum absolute atomic E-state index is 0.0553. The molecule has 0 spiro atoms. The molecule has 2 fully saturated rings. The molecule has 21 heavy (non-hydrogen) atoms. The van der Waals surface area contributed by atoms with Crippen molar-refractivity contribution in [1.29, 1.82) is 5.26 Å². The van der Waals surface area contributed by atoms with E-state index in [9.17, 15) is 4.79 Å². The molecule has 1 aliphatic carbocycles. The Kier molecular flexibility index (Phi) is 3.94. The van der Waals surface area contributed by atoms with E-state index in [-0.39, 0.29) is 12.0 Å². The van der Waals surface area contributed by atoms with E-state index in [0.29, 0.717) is 11.8 Å². The molecule has 0 bridgehead atoms. The van der Waals surface area contributed by atoms with Gasteiger partial charge in [-0.05, 0) is 24.8 Å². The van der Waals surface area contributed by atoms with Gasteiger partial charge >= 0.3 is 0 Å². The first-order valence-corrected chi connectivity index (χ1v) is 7.68. The van der Waals surface area contributed by atoms with Gasteiger partial charge in [0.2, 0.25) is 5.91 Å². The predicted molar refractivity (Wildman–Crippen MR) is 80.5 cm³/mol. The molecule has 1 aliphatic heterocycles. The van der Waals surface area contributed by atoms with Crippen LogP contribution >= 0.6 is 0 Å². The van der Waals surface area contributed by atoms with E-state index >= 15 is 0 Å². The Labute approximate surface area is 126 Å². The third kappa shape index (κ3) is 2.93. The lowest BCUT2D eigenvalue weighted by atomic mass is 10.1. The summed E-state index contributed by atoms with van der Waals surface area (Å²) in [5.41, 5.74) is 1.28. The SMILES string of the molecule is CC(C#N)N1CCN(C(=O)C2CC2c2ccccc2)CC1. The number of carbonyl (C=O) groups is 1. The summed E-state index contributed by atoms with van der Waals surface area (Å²) < 4.78 is 0. The molecule has 4 heteroatoms. The van der Waals surface area contributed by atoms with Gasteiger partial charge in [-0.15, -0.1) is 0 Å². The molecule has 3 rings (SSSR count). The van der Waals surface area contributed by atoms with E-state index < -0.39 is 0 Å². The summed E-state index contributed by atoms with van der Waals surface area (Å²) in [4.78, 5) is 16.7. The van der Waals surface area contributed by atoms with Crippen molar-refractivity contribution in [2.24, 2.45) is 5.92 Å². The Morgan fingerprint density at radius 3 is 2.52 bits per heavy atom. The van der Waals surface area contributed by atoms with E-state index in [0.717, 1.165) is 32.6 Å². The molecule has 3 unspecified atom stereocenters. The fourth-order valence-electron chi connectivity index (χ4n) is 3.18. The zero-order valence-corrected chi connectivity index (χ0v) is 12.4. The molecule has 4 nitrogen and oxygen atoms in total. The zero-order valence-electron chi connectivity index (χ0n) is 12.4. The summed E-state index contributed by atoms with van der Waals surface area (Å²) in [5.74, 6) is 0.884. The molecule has 0 N–H and O–H groups in total. The van der Waals surface area contributed by atoms with Crippen LogP contribution in [0.2, 0.25) is 0 Å². The highest BCUT2D eigenvalue weighted by Gasteiger charge is 2.46. The minimum atomic E-state index is -0.0553. The van der Waals surface area contributed by atoms with Gasteiger partial charge < -0.3 is 4.90 Å². The normalized spacial score (nSPS) is 27.0. The summed E-state index contributed by atoms with van der Waals surface area (Å²) in [5, 5.41) is 8.95. The van der Waals surface area contributed by atoms with Crippen molar-refractivity contribution in [3.05, 3.63) is 35.9 Å². The summed E-state index contributed by atoms with van der Waals surface area (Å²) in [6.45, 7) is 5.04. The molecular weight excluding hydrogens is 262 g/mol. The maximum absolute atomic E-state index is 12.5. The fraction of sp³-hybridized carbons (Fsp3) is 0.529. The summed E-state index contributed by atoms with van der Waals surface area (Å²) in [6.07, 6.45) is 0.984. The van der Waals surface area contributed by atoms with Crippen molar-refractivity contribution >= 4 is 5.91 Å². The molecule has 0 radical (unpaired) electrons. The monoisotopic (exact) mass is 283 g/mol. The fourth-order valence-corrected chi connectivity index (χ4v) is 3.18. The molecule has 1 aromatic carbocycles. The first-order valence-electron chi connectivity index (χ1n) is 7.68. The highest BCUT2D eigenvalue weighted by atomic mass is 16.2. The number of nitriles is 1. The lowest BCUT2D eigenvalue weighted by molar-refractivity contribution is -0.134. The number of amides is 1. The summed E-state index contributed by atoms with van der Waals surface area (Å²) in [6, 6.07) is 12.5. The van der Waals surface area contributed by atoms with Crippen LogP contribution in [0, 0.1) is 17.2 Å². The van der Waals surface area contributed by atoms with Gasteiger partial charge in [-0.1, -0.05) is 30.3 Å². The van der Waals surface area contributed by atoms with Gasteiger partial charge in [0.05, 0.1) is 12.1 Å². The number of carbonyl (C=O) groups excluding carboxylic acids is 1. The van der Waals surface area contributed by atoms with Crippen molar-refractivity contribution in [2.45, 2.75) is 25.3 Å². The van der Waals surface area contributed by atoms with Crippen LogP contribution in [0.25, 0.3) is 0 Å².